The number of halogens is 1. The highest BCUT2D eigenvalue weighted by atomic mass is 35.5. The topological polar surface area (TPSA) is 135 Å². The molecule has 2 atom stereocenters. The molecule has 198 valence electrons. The van der Waals surface area contributed by atoms with E-state index in [0.717, 1.165) is 28.7 Å². The van der Waals surface area contributed by atoms with Crippen LogP contribution in [-0.2, 0) is 12.0 Å². The summed E-state index contributed by atoms with van der Waals surface area (Å²) in [5.41, 5.74) is 4.02. The number of rotatable bonds is 7. The van der Waals surface area contributed by atoms with Crippen LogP contribution in [-0.4, -0.2) is 44.7 Å². The Hall–Kier alpha value is -4.26. The van der Waals surface area contributed by atoms with Crippen molar-refractivity contribution in [2.75, 3.05) is 23.8 Å². The molecular formula is C29H27ClN6O3. The van der Waals surface area contributed by atoms with Gasteiger partial charge in [0.05, 0.1) is 29.3 Å². The highest BCUT2D eigenvalue weighted by Gasteiger charge is 2.38. The van der Waals surface area contributed by atoms with Crippen molar-refractivity contribution in [1.82, 2.24) is 15.0 Å². The number of anilines is 2. The molecule has 4 aromatic rings. The summed E-state index contributed by atoms with van der Waals surface area (Å²) in [6.45, 7) is 4.05. The fourth-order valence-corrected chi connectivity index (χ4v) is 5.47. The molecule has 0 fully saturated rings. The average molecular weight is 543 g/mol. The van der Waals surface area contributed by atoms with Crippen LogP contribution < -0.4 is 10.2 Å². The standard InChI is InChI=1S/C29H27ClN6O3/c1-16-12-19(17(2)32-21-8-9-24(30)34-26(21)28(37)38)25-22(13-16)33-23(14-31)27(35-25)36(3)15-29(39)11-10-18-6-4-5-7-20(18)29/h4-9,12-13,17,32,39H,10-11,15H2,1-3H3,(H,37,38)/t17-,29?/m1/s1. The lowest BCUT2D eigenvalue weighted by atomic mass is 9.95. The lowest BCUT2D eigenvalue weighted by Gasteiger charge is -2.31. The van der Waals surface area contributed by atoms with Gasteiger partial charge in [-0.25, -0.2) is 19.7 Å². The van der Waals surface area contributed by atoms with Crippen LogP contribution >= 0.6 is 11.6 Å². The molecule has 2 aromatic carbocycles. The summed E-state index contributed by atoms with van der Waals surface area (Å²) < 4.78 is 0. The molecule has 0 bridgehead atoms. The molecule has 1 unspecified atom stereocenters. The van der Waals surface area contributed by atoms with Crippen molar-refractivity contribution in [1.29, 1.82) is 5.26 Å². The van der Waals surface area contributed by atoms with Crippen LogP contribution in [0.5, 0.6) is 0 Å². The van der Waals surface area contributed by atoms with Gasteiger partial charge in [-0.2, -0.15) is 5.26 Å². The lowest BCUT2D eigenvalue weighted by molar-refractivity contribution is 0.0468. The number of benzene rings is 2. The van der Waals surface area contributed by atoms with Gasteiger partial charge in [-0.1, -0.05) is 41.9 Å². The Labute approximate surface area is 230 Å². The molecule has 10 heteroatoms. The number of aromatic carboxylic acids is 1. The summed E-state index contributed by atoms with van der Waals surface area (Å²) in [6, 6.07) is 16.5. The molecule has 5 rings (SSSR count). The first-order chi connectivity index (χ1) is 18.6. The SMILES string of the molecule is Cc1cc([C@@H](C)Nc2ccc(Cl)nc2C(=O)O)c2nc(N(C)CC3(O)CCc4ccccc43)c(C#N)nc2c1. The zero-order chi connectivity index (χ0) is 27.9. The molecule has 2 aromatic heterocycles. The number of hydrogen-bond acceptors (Lipinski definition) is 8. The lowest BCUT2D eigenvalue weighted by Crippen LogP contribution is -2.38. The molecule has 0 aliphatic heterocycles. The molecule has 2 heterocycles. The van der Waals surface area contributed by atoms with Crippen molar-refractivity contribution in [2.45, 2.75) is 38.3 Å². The average Bonchev–Trinajstić information content (AvgIpc) is 3.24. The molecule has 0 saturated heterocycles. The predicted molar refractivity (Wildman–Crippen MR) is 149 cm³/mol. The van der Waals surface area contributed by atoms with Crippen molar-refractivity contribution in [3.8, 4) is 6.07 Å². The Morgan fingerprint density at radius 1 is 1.23 bits per heavy atom. The predicted octanol–water partition coefficient (Wildman–Crippen LogP) is 5.00. The van der Waals surface area contributed by atoms with Crippen LogP contribution in [0.4, 0.5) is 11.5 Å². The van der Waals surface area contributed by atoms with Crippen LogP contribution in [0.1, 0.15) is 57.8 Å². The molecule has 0 saturated carbocycles. The second kappa shape index (κ2) is 10.1. The van der Waals surface area contributed by atoms with E-state index in [9.17, 15) is 20.3 Å². The van der Waals surface area contributed by atoms with Crippen molar-refractivity contribution in [2.24, 2.45) is 0 Å². The number of likely N-dealkylation sites (N-methyl/N-ethyl adjacent to an activating group) is 1. The second-order valence-electron chi connectivity index (χ2n) is 9.98. The number of aromatic nitrogens is 3. The van der Waals surface area contributed by atoms with Crippen LogP contribution in [0, 0.1) is 18.3 Å². The van der Waals surface area contributed by atoms with Gasteiger partial charge in [-0.3, -0.25) is 0 Å². The highest BCUT2D eigenvalue weighted by molar-refractivity contribution is 6.29. The molecular weight excluding hydrogens is 516 g/mol. The summed E-state index contributed by atoms with van der Waals surface area (Å²) in [7, 11) is 1.80. The number of carbonyl (C=O) groups is 1. The molecule has 1 aliphatic rings. The van der Waals surface area contributed by atoms with E-state index in [4.69, 9.17) is 16.6 Å². The molecule has 1 aliphatic carbocycles. The van der Waals surface area contributed by atoms with Gasteiger partial charge in [0.15, 0.2) is 17.2 Å². The maximum Gasteiger partial charge on any atom is 0.356 e. The van der Waals surface area contributed by atoms with Crippen molar-refractivity contribution >= 4 is 40.1 Å². The third-order valence-electron chi connectivity index (χ3n) is 7.12. The minimum absolute atomic E-state index is 0.0840. The minimum atomic E-state index is -1.20. The highest BCUT2D eigenvalue weighted by Crippen LogP contribution is 2.38. The van der Waals surface area contributed by atoms with Gasteiger partial charge in [0, 0.05) is 12.6 Å². The van der Waals surface area contributed by atoms with E-state index in [1.54, 1.807) is 18.0 Å². The molecule has 3 N–H and O–H groups in total. The third kappa shape index (κ3) is 4.97. The summed E-state index contributed by atoms with van der Waals surface area (Å²) >= 11 is 5.92. The monoisotopic (exact) mass is 542 g/mol. The largest absolute Gasteiger partial charge is 0.476 e. The summed E-state index contributed by atoms with van der Waals surface area (Å²) in [5, 5.41) is 34.4. The summed E-state index contributed by atoms with van der Waals surface area (Å²) in [6.07, 6.45) is 1.35. The van der Waals surface area contributed by atoms with E-state index >= 15 is 0 Å². The van der Waals surface area contributed by atoms with E-state index in [2.05, 4.69) is 21.4 Å². The number of nitrogens with one attached hydrogen (secondary N) is 1. The fourth-order valence-electron chi connectivity index (χ4n) is 5.32. The van der Waals surface area contributed by atoms with E-state index in [-0.39, 0.29) is 29.1 Å². The normalized spacial score (nSPS) is 16.9. The summed E-state index contributed by atoms with van der Waals surface area (Å²) in [4.78, 5) is 27.0. The zero-order valence-corrected chi connectivity index (χ0v) is 22.5. The van der Waals surface area contributed by atoms with Gasteiger partial charge in [0.2, 0.25) is 0 Å². The maximum atomic E-state index is 11.8. The number of carboxylic acids is 1. The van der Waals surface area contributed by atoms with E-state index < -0.39 is 11.6 Å². The van der Waals surface area contributed by atoms with Gasteiger partial charge >= 0.3 is 5.97 Å². The number of nitriles is 1. The fraction of sp³-hybridized carbons (Fsp3) is 0.276. The Bertz CT molecular complexity index is 1650. The maximum absolute atomic E-state index is 11.8. The minimum Gasteiger partial charge on any atom is -0.476 e. The number of aliphatic hydroxyl groups is 1. The smallest absolute Gasteiger partial charge is 0.356 e. The zero-order valence-electron chi connectivity index (χ0n) is 21.7. The first-order valence-electron chi connectivity index (χ1n) is 12.5. The van der Waals surface area contributed by atoms with E-state index in [0.29, 0.717) is 29.0 Å². The molecule has 9 nitrogen and oxygen atoms in total. The van der Waals surface area contributed by atoms with Gasteiger partial charge in [0.25, 0.3) is 0 Å². The van der Waals surface area contributed by atoms with Gasteiger partial charge in [0.1, 0.15) is 16.8 Å². The van der Waals surface area contributed by atoms with Crippen molar-refractivity contribution in [3.63, 3.8) is 0 Å². The Balaban J connectivity index is 1.54. The number of nitrogens with zero attached hydrogens (tertiary/aromatic N) is 5. The first kappa shape index (κ1) is 26.4. The summed E-state index contributed by atoms with van der Waals surface area (Å²) in [5.74, 6) is -0.838. The number of carboxylic acid groups (broad SMARTS) is 1. The van der Waals surface area contributed by atoms with Crippen molar-refractivity contribution in [3.05, 3.63) is 87.3 Å². The number of pyridine rings is 1. The molecule has 0 radical (unpaired) electrons. The third-order valence-corrected chi connectivity index (χ3v) is 7.33. The number of aryl methyl sites for hydroxylation is 2. The quantitative estimate of drug-likeness (QED) is 0.276. The van der Waals surface area contributed by atoms with Crippen LogP contribution in [0.15, 0.2) is 48.5 Å². The van der Waals surface area contributed by atoms with E-state index in [1.165, 1.54) is 6.07 Å². The second-order valence-corrected chi connectivity index (χ2v) is 10.4. The van der Waals surface area contributed by atoms with Gasteiger partial charge in [-0.15, -0.1) is 0 Å². The van der Waals surface area contributed by atoms with Crippen LogP contribution in [0.2, 0.25) is 5.15 Å². The van der Waals surface area contributed by atoms with Crippen molar-refractivity contribution < 1.29 is 15.0 Å². The molecule has 0 amide bonds. The number of fused-ring (bicyclic) bond motifs is 2. The Morgan fingerprint density at radius 2 is 2.00 bits per heavy atom. The van der Waals surface area contributed by atoms with E-state index in [1.807, 2.05) is 50.2 Å². The van der Waals surface area contributed by atoms with Crippen LogP contribution in [0.3, 0.4) is 0 Å². The number of hydrogen-bond donors (Lipinski definition) is 3. The van der Waals surface area contributed by atoms with Gasteiger partial charge < -0.3 is 20.4 Å². The molecule has 0 spiro atoms. The molecule has 39 heavy (non-hydrogen) atoms. The first-order valence-corrected chi connectivity index (χ1v) is 12.9. The Morgan fingerprint density at radius 3 is 2.74 bits per heavy atom. The Kier molecular flexibility index (Phi) is 6.85. The van der Waals surface area contributed by atoms with Crippen LogP contribution in [0.25, 0.3) is 11.0 Å². The van der Waals surface area contributed by atoms with Gasteiger partial charge in [-0.05, 0) is 61.6 Å².